The van der Waals surface area contributed by atoms with E-state index in [1.165, 1.54) is 0 Å². The fourth-order valence-electron chi connectivity index (χ4n) is 2.18. The highest BCUT2D eigenvalue weighted by Gasteiger charge is 2.12. The summed E-state index contributed by atoms with van der Waals surface area (Å²) in [6.07, 6.45) is 1.81. The molecular weight excluding hydrogens is 236 g/mol. The van der Waals surface area contributed by atoms with Crippen molar-refractivity contribution < 1.29 is 4.42 Å². The summed E-state index contributed by atoms with van der Waals surface area (Å²) in [6, 6.07) is 14.4. The second-order valence-corrected chi connectivity index (χ2v) is 4.59. The van der Waals surface area contributed by atoms with Crippen LogP contribution >= 0.6 is 0 Å². The van der Waals surface area contributed by atoms with Crippen LogP contribution in [0.4, 0.5) is 0 Å². The van der Waals surface area contributed by atoms with Crippen molar-refractivity contribution >= 4 is 10.9 Å². The predicted molar refractivity (Wildman–Crippen MR) is 76.9 cm³/mol. The molecule has 0 aliphatic rings. The molecule has 1 atom stereocenters. The molecule has 0 aliphatic heterocycles. The number of nitrogens with one attached hydrogen (secondary N) is 1. The van der Waals surface area contributed by atoms with Crippen molar-refractivity contribution in [2.45, 2.75) is 13.0 Å². The largest absolute Gasteiger partial charge is 0.459 e. The monoisotopic (exact) mass is 252 g/mol. The zero-order chi connectivity index (χ0) is 13.2. The highest BCUT2D eigenvalue weighted by Crippen LogP contribution is 2.29. The van der Waals surface area contributed by atoms with E-state index >= 15 is 0 Å². The molecule has 96 valence electrons. The Morgan fingerprint density at radius 2 is 1.95 bits per heavy atom. The SMILES string of the molecule is CNC(C)c1ccc(-c2cccc3cccnc23)o1. The number of aromatic nitrogens is 1. The number of benzene rings is 1. The highest BCUT2D eigenvalue weighted by atomic mass is 16.3. The Morgan fingerprint density at radius 1 is 1.11 bits per heavy atom. The van der Waals surface area contributed by atoms with E-state index in [-0.39, 0.29) is 6.04 Å². The molecule has 19 heavy (non-hydrogen) atoms. The summed E-state index contributed by atoms with van der Waals surface area (Å²) < 4.78 is 5.93. The molecule has 1 aromatic carbocycles. The third-order valence-electron chi connectivity index (χ3n) is 3.38. The molecule has 1 N–H and O–H groups in total. The van der Waals surface area contributed by atoms with Crippen LogP contribution < -0.4 is 5.32 Å². The molecule has 0 amide bonds. The third-order valence-corrected chi connectivity index (χ3v) is 3.38. The quantitative estimate of drug-likeness (QED) is 0.771. The highest BCUT2D eigenvalue weighted by molar-refractivity contribution is 5.92. The summed E-state index contributed by atoms with van der Waals surface area (Å²) in [4.78, 5) is 4.46. The maximum absolute atomic E-state index is 5.93. The molecule has 3 nitrogen and oxygen atoms in total. The zero-order valence-electron chi connectivity index (χ0n) is 11.1. The number of hydrogen-bond acceptors (Lipinski definition) is 3. The third kappa shape index (κ3) is 2.13. The first-order chi connectivity index (χ1) is 9.29. The van der Waals surface area contributed by atoms with E-state index in [9.17, 15) is 0 Å². The summed E-state index contributed by atoms with van der Waals surface area (Å²) >= 11 is 0. The van der Waals surface area contributed by atoms with E-state index in [4.69, 9.17) is 4.42 Å². The molecule has 0 fully saturated rings. The van der Waals surface area contributed by atoms with Gasteiger partial charge in [-0.1, -0.05) is 18.2 Å². The number of nitrogens with zero attached hydrogens (tertiary/aromatic N) is 1. The van der Waals surface area contributed by atoms with Crippen molar-refractivity contribution in [2.24, 2.45) is 0 Å². The van der Waals surface area contributed by atoms with Gasteiger partial charge in [-0.2, -0.15) is 0 Å². The minimum Gasteiger partial charge on any atom is -0.459 e. The first kappa shape index (κ1) is 11.9. The topological polar surface area (TPSA) is 38.1 Å². The van der Waals surface area contributed by atoms with Gasteiger partial charge in [-0.05, 0) is 38.2 Å². The lowest BCUT2D eigenvalue weighted by Crippen LogP contribution is -2.11. The van der Waals surface area contributed by atoms with E-state index in [2.05, 4.69) is 29.4 Å². The number of fused-ring (bicyclic) bond motifs is 1. The summed E-state index contributed by atoms with van der Waals surface area (Å²) in [7, 11) is 1.92. The van der Waals surface area contributed by atoms with Crippen molar-refractivity contribution in [1.29, 1.82) is 0 Å². The summed E-state index contributed by atoms with van der Waals surface area (Å²) in [5.74, 6) is 1.80. The van der Waals surface area contributed by atoms with E-state index in [0.29, 0.717) is 0 Å². The normalized spacial score (nSPS) is 12.7. The Labute approximate surface area is 112 Å². The molecule has 1 unspecified atom stereocenters. The van der Waals surface area contributed by atoms with Crippen LogP contribution in [-0.4, -0.2) is 12.0 Å². The van der Waals surface area contributed by atoms with Gasteiger partial charge in [0.15, 0.2) is 0 Å². The van der Waals surface area contributed by atoms with E-state index in [1.807, 2.05) is 43.6 Å². The van der Waals surface area contributed by atoms with E-state index in [1.54, 1.807) is 0 Å². The molecule has 0 saturated carbocycles. The van der Waals surface area contributed by atoms with Gasteiger partial charge in [0.1, 0.15) is 11.5 Å². The molecule has 3 aromatic rings. The van der Waals surface area contributed by atoms with Gasteiger partial charge < -0.3 is 9.73 Å². The smallest absolute Gasteiger partial charge is 0.136 e. The predicted octanol–water partition coefficient (Wildman–Crippen LogP) is 3.78. The Bertz CT molecular complexity index is 697. The molecule has 0 bridgehead atoms. The molecule has 0 spiro atoms. The standard InChI is InChI=1S/C16H16N2O/c1-11(17-2)14-8-9-15(19-14)13-7-3-5-12-6-4-10-18-16(12)13/h3-11,17H,1-2H3. The van der Waals surface area contributed by atoms with Crippen LogP contribution in [-0.2, 0) is 0 Å². The number of hydrogen-bond donors (Lipinski definition) is 1. The molecule has 3 heteroatoms. The molecule has 2 heterocycles. The lowest BCUT2D eigenvalue weighted by molar-refractivity contribution is 0.458. The second kappa shape index (κ2) is 4.86. The Hall–Kier alpha value is -2.13. The number of furan rings is 1. The van der Waals surface area contributed by atoms with Crippen molar-refractivity contribution in [3.8, 4) is 11.3 Å². The zero-order valence-corrected chi connectivity index (χ0v) is 11.1. The average molecular weight is 252 g/mol. The van der Waals surface area contributed by atoms with Gasteiger partial charge in [-0.25, -0.2) is 0 Å². The molecule has 0 saturated heterocycles. The average Bonchev–Trinajstić information content (AvgIpc) is 2.95. The molecule has 3 rings (SSSR count). The van der Waals surface area contributed by atoms with Gasteiger partial charge in [0.05, 0.1) is 11.6 Å². The van der Waals surface area contributed by atoms with Gasteiger partial charge in [-0.3, -0.25) is 4.98 Å². The lowest BCUT2D eigenvalue weighted by Gasteiger charge is -2.06. The van der Waals surface area contributed by atoms with Gasteiger partial charge >= 0.3 is 0 Å². The number of para-hydroxylation sites is 1. The van der Waals surface area contributed by atoms with Crippen LogP contribution in [0.25, 0.3) is 22.2 Å². The van der Waals surface area contributed by atoms with E-state index in [0.717, 1.165) is 28.0 Å². The number of rotatable bonds is 3. The minimum atomic E-state index is 0.205. The Morgan fingerprint density at radius 3 is 2.79 bits per heavy atom. The first-order valence-corrected chi connectivity index (χ1v) is 6.40. The van der Waals surface area contributed by atoms with Gasteiger partial charge in [0.25, 0.3) is 0 Å². The Balaban J connectivity index is 2.12. The molecule has 0 radical (unpaired) electrons. The Kier molecular flexibility index (Phi) is 3.05. The van der Waals surface area contributed by atoms with Crippen LogP contribution in [0.1, 0.15) is 18.7 Å². The fourth-order valence-corrected chi connectivity index (χ4v) is 2.18. The van der Waals surface area contributed by atoms with Crippen molar-refractivity contribution in [3.63, 3.8) is 0 Å². The summed E-state index contributed by atoms with van der Waals surface area (Å²) in [5, 5.41) is 4.30. The minimum absolute atomic E-state index is 0.205. The molecular formula is C16H16N2O. The molecule has 2 aromatic heterocycles. The van der Waals surface area contributed by atoms with Crippen molar-refractivity contribution in [2.75, 3.05) is 7.05 Å². The maximum Gasteiger partial charge on any atom is 0.136 e. The van der Waals surface area contributed by atoms with Gasteiger partial charge in [0.2, 0.25) is 0 Å². The summed E-state index contributed by atoms with van der Waals surface area (Å²) in [5.41, 5.74) is 2.01. The van der Waals surface area contributed by atoms with Crippen LogP contribution in [0.2, 0.25) is 0 Å². The van der Waals surface area contributed by atoms with Crippen molar-refractivity contribution in [1.82, 2.24) is 10.3 Å². The van der Waals surface area contributed by atoms with Crippen LogP contribution in [0.15, 0.2) is 53.1 Å². The van der Waals surface area contributed by atoms with Crippen LogP contribution in [0.3, 0.4) is 0 Å². The summed E-state index contributed by atoms with van der Waals surface area (Å²) in [6.45, 7) is 2.07. The van der Waals surface area contributed by atoms with Gasteiger partial charge in [-0.15, -0.1) is 0 Å². The van der Waals surface area contributed by atoms with Crippen molar-refractivity contribution in [3.05, 3.63) is 54.4 Å². The number of pyridine rings is 1. The van der Waals surface area contributed by atoms with E-state index < -0.39 is 0 Å². The molecule has 0 aliphatic carbocycles. The first-order valence-electron chi connectivity index (χ1n) is 6.40. The van der Waals surface area contributed by atoms with Gasteiger partial charge in [0, 0.05) is 17.1 Å². The maximum atomic E-state index is 5.93. The van der Waals surface area contributed by atoms with Crippen LogP contribution in [0, 0.1) is 0 Å². The second-order valence-electron chi connectivity index (χ2n) is 4.59. The van der Waals surface area contributed by atoms with Crippen LogP contribution in [0.5, 0.6) is 0 Å². The lowest BCUT2D eigenvalue weighted by atomic mass is 10.1. The fraction of sp³-hybridized carbons (Fsp3) is 0.188.